The second-order valence-electron chi connectivity index (χ2n) is 6.87. The Morgan fingerprint density at radius 1 is 1.27 bits per heavy atom. The number of methoxy groups -OCH3 is 1. The second kappa shape index (κ2) is 8.85. The molecule has 1 heterocycles. The van der Waals surface area contributed by atoms with Gasteiger partial charge in [0.05, 0.1) is 12.9 Å². The van der Waals surface area contributed by atoms with Gasteiger partial charge in [-0.25, -0.2) is 4.79 Å². The van der Waals surface area contributed by atoms with Gasteiger partial charge in [0.2, 0.25) is 0 Å². The monoisotopic (exact) mass is 429 g/mol. The van der Waals surface area contributed by atoms with Gasteiger partial charge >= 0.3 is 10.0 Å². The van der Waals surface area contributed by atoms with Crippen molar-refractivity contribution in [3.63, 3.8) is 0 Å². The maximum absolute atomic E-state index is 13.1. The predicted molar refractivity (Wildman–Crippen MR) is 116 cm³/mol. The van der Waals surface area contributed by atoms with Crippen LogP contribution in [-0.2, 0) is 19.6 Å². The highest BCUT2D eigenvalue weighted by Gasteiger charge is 2.42. The average molecular weight is 430 g/mol. The molecule has 158 valence electrons. The number of benzene rings is 1. The number of allylic oxidation sites excluding steroid dienone is 3. The van der Waals surface area contributed by atoms with Crippen molar-refractivity contribution in [2.24, 2.45) is 5.73 Å². The molecule has 3 rings (SSSR count). The summed E-state index contributed by atoms with van der Waals surface area (Å²) in [5, 5.41) is 0. The zero-order chi connectivity index (χ0) is 21.8. The normalized spacial score (nSPS) is 21.3. The largest absolute Gasteiger partial charge is 0.493 e. The minimum Gasteiger partial charge on any atom is -0.493 e. The SMILES string of the molecule is CCS(=O)(=O)[N+]1(c2cccc(OC3=CCC(=C=O)C=C3OC)c2)C=C(CN)C=CC1. The predicted octanol–water partition coefficient (Wildman–Crippen LogP) is 2.71. The molecule has 1 aliphatic carbocycles. The van der Waals surface area contributed by atoms with Gasteiger partial charge in [0.15, 0.2) is 17.2 Å². The van der Waals surface area contributed by atoms with Gasteiger partial charge in [-0.15, -0.1) is 0 Å². The molecule has 30 heavy (non-hydrogen) atoms. The number of nitrogens with two attached hydrogens (primary N) is 1. The van der Waals surface area contributed by atoms with Gasteiger partial charge in [0.25, 0.3) is 0 Å². The first-order chi connectivity index (χ1) is 14.4. The molecule has 2 aliphatic rings. The number of nitrogens with zero attached hydrogens (tertiary/aromatic N) is 1. The molecule has 1 aromatic carbocycles. The van der Waals surface area contributed by atoms with Crippen LogP contribution in [0.3, 0.4) is 0 Å². The minimum atomic E-state index is -3.55. The van der Waals surface area contributed by atoms with E-state index in [9.17, 15) is 13.2 Å². The Morgan fingerprint density at radius 2 is 2.07 bits per heavy atom. The van der Waals surface area contributed by atoms with Crippen LogP contribution in [0.2, 0.25) is 0 Å². The number of rotatable bonds is 7. The molecule has 1 aromatic rings. The highest BCUT2D eigenvalue weighted by atomic mass is 32.2. The lowest BCUT2D eigenvalue weighted by molar-refractivity contribution is 0.260. The summed E-state index contributed by atoms with van der Waals surface area (Å²) in [6.45, 7) is 2.14. The van der Waals surface area contributed by atoms with Crippen LogP contribution >= 0.6 is 0 Å². The van der Waals surface area contributed by atoms with E-state index in [1.54, 1.807) is 49.5 Å². The molecule has 1 unspecified atom stereocenters. The molecule has 0 saturated carbocycles. The summed E-state index contributed by atoms with van der Waals surface area (Å²) in [6, 6.07) is 6.96. The molecule has 2 N–H and O–H groups in total. The molecule has 0 radical (unpaired) electrons. The maximum atomic E-state index is 13.1. The van der Waals surface area contributed by atoms with Gasteiger partial charge < -0.3 is 15.2 Å². The molecular weight excluding hydrogens is 404 g/mol. The minimum absolute atomic E-state index is 0.0250. The van der Waals surface area contributed by atoms with Crippen LogP contribution in [0.4, 0.5) is 5.69 Å². The van der Waals surface area contributed by atoms with E-state index in [0.29, 0.717) is 34.9 Å². The third kappa shape index (κ3) is 4.04. The number of carbonyl (C=O) groups excluding carboxylic acids is 1. The van der Waals surface area contributed by atoms with Crippen molar-refractivity contribution in [1.82, 2.24) is 3.89 Å². The summed E-state index contributed by atoms with van der Waals surface area (Å²) < 4.78 is 37.2. The number of hydrogen-bond donors (Lipinski definition) is 1. The van der Waals surface area contributed by atoms with E-state index >= 15 is 0 Å². The van der Waals surface area contributed by atoms with E-state index in [1.165, 1.54) is 7.11 Å². The van der Waals surface area contributed by atoms with Crippen LogP contribution in [0, 0.1) is 0 Å². The highest BCUT2D eigenvalue weighted by Crippen LogP contribution is 2.36. The molecular formula is C22H25N2O5S+. The summed E-state index contributed by atoms with van der Waals surface area (Å²) in [6.07, 6.45) is 9.05. The Hall–Kier alpha value is -2.90. The molecule has 1 atom stereocenters. The first kappa shape index (κ1) is 21.8. The van der Waals surface area contributed by atoms with Crippen molar-refractivity contribution in [3.05, 3.63) is 77.4 Å². The smallest absolute Gasteiger partial charge is 0.306 e. The van der Waals surface area contributed by atoms with Gasteiger partial charge in [-0.3, -0.25) is 0 Å². The zero-order valence-electron chi connectivity index (χ0n) is 17.0. The first-order valence-electron chi connectivity index (χ1n) is 9.56. The first-order valence-corrected chi connectivity index (χ1v) is 11.2. The molecule has 7 nitrogen and oxygen atoms in total. The maximum Gasteiger partial charge on any atom is 0.306 e. The molecule has 8 heteroatoms. The quantitative estimate of drug-likeness (QED) is 0.529. The Balaban J connectivity index is 2.02. The fraction of sp³-hybridized carbons (Fsp3) is 0.273. The van der Waals surface area contributed by atoms with Gasteiger partial charge in [-0.1, -0.05) is 12.1 Å². The van der Waals surface area contributed by atoms with Gasteiger partial charge in [-0.2, -0.15) is 12.3 Å². The van der Waals surface area contributed by atoms with Gasteiger partial charge in [0, 0.05) is 36.2 Å². The van der Waals surface area contributed by atoms with Gasteiger partial charge in [-0.05, 0) is 31.2 Å². The van der Waals surface area contributed by atoms with E-state index < -0.39 is 10.0 Å². The third-order valence-corrected chi connectivity index (χ3v) is 7.26. The standard InChI is InChI=1S/C22H25N2O5S/c1-3-30(26,27)24(11-5-6-18(14-23)15-24)19-7-4-8-20(13-19)29-21-10-9-17(16-25)12-22(21)28-2/h4-8,10,12-13,15H,3,9,11,14,23H2,1-2H3/q+1. The Kier molecular flexibility index (Phi) is 6.43. The van der Waals surface area contributed by atoms with Crippen molar-refractivity contribution in [1.29, 1.82) is 0 Å². The van der Waals surface area contributed by atoms with E-state index in [1.807, 2.05) is 18.1 Å². The zero-order valence-corrected chi connectivity index (χ0v) is 17.8. The van der Waals surface area contributed by atoms with E-state index in [2.05, 4.69) is 0 Å². The van der Waals surface area contributed by atoms with Crippen molar-refractivity contribution in [3.8, 4) is 5.75 Å². The highest BCUT2D eigenvalue weighted by molar-refractivity contribution is 7.91. The van der Waals surface area contributed by atoms with Crippen molar-refractivity contribution in [2.45, 2.75) is 13.3 Å². The van der Waals surface area contributed by atoms with Crippen molar-refractivity contribution in [2.75, 3.05) is 26.0 Å². The third-order valence-electron chi connectivity index (χ3n) is 5.07. The summed E-state index contributed by atoms with van der Waals surface area (Å²) in [4.78, 5) is 10.9. The van der Waals surface area contributed by atoms with Crippen LogP contribution in [0.25, 0.3) is 0 Å². The average Bonchev–Trinajstić information content (AvgIpc) is 2.79. The number of quaternary nitrogens is 1. The molecule has 0 spiro atoms. The van der Waals surface area contributed by atoms with Crippen LogP contribution < -0.4 is 14.4 Å². The second-order valence-corrected chi connectivity index (χ2v) is 9.26. The molecule has 0 saturated heterocycles. The lowest BCUT2D eigenvalue weighted by atomic mass is 10.1. The summed E-state index contributed by atoms with van der Waals surface area (Å²) >= 11 is 0. The Labute approximate surface area is 176 Å². The van der Waals surface area contributed by atoms with Crippen LogP contribution in [0.15, 0.2) is 77.4 Å². The van der Waals surface area contributed by atoms with Crippen LogP contribution in [0.1, 0.15) is 13.3 Å². The Morgan fingerprint density at radius 3 is 2.73 bits per heavy atom. The molecule has 0 bridgehead atoms. The van der Waals surface area contributed by atoms with E-state index in [0.717, 1.165) is 5.57 Å². The van der Waals surface area contributed by atoms with E-state index in [4.69, 9.17) is 15.2 Å². The Bertz CT molecular complexity index is 1110. The lowest BCUT2D eigenvalue weighted by Crippen LogP contribution is -2.51. The fourth-order valence-corrected chi connectivity index (χ4v) is 4.94. The van der Waals surface area contributed by atoms with Crippen LogP contribution in [-0.4, -0.2) is 40.3 Å². The topological polar surface area (TPSA) is 95.7 Å². The molecule has 1 aliphatic heterocycles. The van der Waals surface area contributed by atoms with Crippen LogP contribution in [0.5, 0.6) is 5.75 Å². The number of ether oxygens (including phenoxy) is 2. The van der Waals surface area contributed by atoms with E-state index in [-0.39, 0.29) is 22.7 Å². The summed E-state index contributed by atoms with van der Waals surface area (Å²) in [5.74, 6) is 3.15. The summed E-state index contributed by atoms with van der Waals surface area (Å²) in [7, 11) is -2.07. The molecule has 0 fully saturated rings. The van der Waals surface area contributed by atoms with Crippen molar-refractivity contribution < 1.29 is 22.7 Å². The van der Waals surface area contributed by atoms with Crippen molar-refractivity contribution >= 4 is 21.7 Å². The lowest BCUT2D eigenvalue weighted by Gasteiger charge is -2.34. The number of hydrogen-bond acceptors (Lipinski definition) is 6. The van der Waals surface area contributed by atoms with Gasteiger partial charge in [0.1, 0.15) is 24.4 Å². The summed E-state index contributed by atoms with van der Waals surface area (Å²) in [5.41, 5.74) is 7.55. The molecule has 0 amide bonds. The number of sulfonamides is 1. The fourth-order valence-electron chi connectivity index (χ4n) is 3.43. The molecule has 0 aromatic heterocycles.